The van der Waals surface area contributed by atoms with Crippen LogP contribution >= 0.6 is 0 Å². The molecule has 5 nitrogen and oxygen atoms in total. The first kappa shape index (κ1) is 13.1. The number of rotatable bonds is 5. The van der Waals surface area contributed by atoms with Crippen LogP contribution in [0, 0.1) is 0 Å². The zero-order valence-corrected chi connectivity index (χ0v) is 11.1. The molecule has 2 rings (SSSR count). The summed E-state index contributed by atoms with van der Waals surface area (Å²) in [7, 11) is 0. The first-order valence-electron chi connectivity index (χ1n) is 6.61. The molecule has 0 unspecified atom stereocenters. The standard InChI is InChI=1S/C13H22N4O/c1-10(2)18-11-5-8-15-12(16-11)17-13(9-14)6-3-4-7-13/h5,8,10H,3-4,6-7,9,14H2,1-2H3,(H,15,16,17). The van der Waals surface area contributed by atoms with Gasteiger partial charge in [0.15, 0.2) is 0 Å². The van der Waals surface area contributed by atoms with E-state index < -0.39 is 0 Å². The van der Waals surface area contributed by atoms with Gasteiger partial charge in [-0.3, -0.25) is 0 Å². The van der Waals surface area contributed by atoms with Crippen molar-refractivity contribution >= 4 is 5.95 Å². The molecular formula is C13H22N4O. The third-order valence-corrected chi connectivity index (χ3v) is 3.31. The molecule has 18 heavy (non-hydrogen) atoms. The van der Waals surface area contributed by atoms with Crippen LogP contribution in [0.25, 0.3) is 0 Å². The second kappa shape index (κ2) is 5.52. The van der Waals surface area contributed by atoms with Crippen molar-refractivity contribution in [3.63, 3.8) is 0 Å². The lowest BCUT2D eigenvalue weighted by Gasteiger charge is -2.28. The molecule has 1 saturated carbocycles. The maximum atomic E-state index is 5.89. The van der Waals surface area contributed by atoms with Gasteiger partial charge in [-0.25, -0.2) is 4.98 Å². The third-order valence-electron chi connectivity index (χ3n) is 3.31. The molecular weight excluding hydrogens is 228 g/mol. The molecule has 0 saturated heterocycles. The molecule has 1 aromatic rings. The van der Waals surface area contributed by atoms with Gasteiger partial charge in [-0.15, -0.1) is 0 Å². The van der Waals surface area contributed by atoms with E-state index in [9.17, 15) is 0 Å². The average molecular weight is 250 g/mol. The van der Waals surface area contributed by atoms with Crippen LogP contribution in [0.4, 0.5) is 5.95 Å². The Kier molecular flexibility index (Phi) is 4.01. The molecule has 1 heterocycles. The molecule has 0 bridgehead atoms. The van der Waals surface area contributed by atoms with E-state index >= 15 is 0 Å². The zero-order valence-electron chi connectivity index (χ0n) is 11.1. The van der Waals surface area contributed by atoms with Gasteiger partial charge in [-0.1, -0.05) is 12.8 Å². The number of anilines is 1. The van der Waals surface area contributed by atoms with Crippen molar-refractivity contribution in [2.75, 3.05) is 11.9 Å². The molecule has 5 heteroatoms. The summed E-state index contributed by atoms with van der Waals surface area (Å²) in [6.07, 6.45) is 6.43. The van der Waals surface area contributed by atoms with Gasteiger partial charge in [-0.2, -0.15) is 4.98 Å². The predicted octanol–water partition coefficient (Wildman–Crippen LogP) is 1.95. The Bertz CT molecular complexity index is 388. The van der Waals surface area contributed by atoms with Crippen molar-refractivity contribution in [3.8, 4) is 5.88 Å². The molecule has 1 aliphatic rings. The van der Waals surface area contributed by atoms with E-state index in [0.717, 1.165) is 12.8 Å². The Morgan fingerprint density at radius 2 is 2.17 bits per heavy atom. The summed E-state index contributed by atoms with van der Waals surface area (Å²) in [5.74, 6) is 1.22. The van der Waals surface area contributed by atoms with E-state index in [1.165, 1.54) is 12.8 Å². The normalized spacial score (nSPS) is 18.0. The molecule has 3 N–H and O–H groups in total. The number of hydrogen-bond donors (Lipinski definition) is 2. The van der Waals surface area contributed by atoms with Crippen molar-refractivity contribution < 1.29 is 4.74 Å². The average Bonchev–Trinajstić information content (AvgIpc) is 2.78. The smallest absolute Gasteiger partial charge is 0.226 e. The van der Waals surface area contributed by atoms with Gasteiger partial charge in [0, 0.05) is 18.8 Å². The molecule has 0 spiro atoms. The first-order valence-corrected chi connectivity index (χ1v) is 6.61. The quantitative estimate of drug-likeness (QED) is 0.835. The fourth-order valence-corrected chi connectivity index (χ4v) is 2.38. The topological polar surface area (TPSA) is 73.1 Å². The van der Waals surface area contributed by atoms with Crippen LogP contribution in [0.1, 0.15) is 39.5 Å². The van der Waals surface area contributed by atoms with Crippen LogP contribution < -0.4 is 15.8 Å². The zero-order chi connectivity index (χ0) is 13.0. The number of nitrogens with two attached hydrogens (primary N) is 1. The van der Waals surface area contributed by atoms with E-state index in [4.69, 9.17) is 10.5 Å². The number of nitrogens with zero attached hydrogens (tertiary/aromatic N) is 2. The largest absolute Gasteiger partial charge is 0.475 e. The molecule has 1 fully saturated rings. The number of hydrogen-bond acceptors (Lipinski definition) is 5. The fraction of sp³-hybridized carbons (Fsp3) is 0.692. The van der Waals surface area contributed by atoms with Crippen molar-refractivity contribution in [1.82, 2.24) is 9.97 Å². The highest BCUT2D eigenvalue weighted by Gasteiger charge is 2.32. The molecule has 0 amide bonds. The van der Waals surface area contributed by atoms with Gasteiger partial charge in [0.05, 0.1) is 11.6 Å². The van der Waals surface area contributed by atoms with Crippen LogP contribution in [0.2, 0.25) is 0 Å². The molecule has 0 radical (unpaired) electrons. The van der Waals surface area contributed by atoms with Crippen LogP contribution in [0.15, 0.2) is 12.3 Å². The number of nitrogens with one attached hydrogen (secondary N) is 1. The van der Waals surface area contributed by atoms with Crippen molar-refractivity contribution in [2.45, 2.75) is 51.2 Å². The van der Waals surface area contributed by atoms with Gasteiger partial charge in [0.1, 0.15) is 0 Å². The van der Waals surface area contributed by atoms with Gasteiger partial charge >= 0.3 is 0 Å². The van der Waals surface area contributed by atoms with Crippen LogP contribution in [-0.4, -0.2) is 28.2 Å². The van der Waals surface area contributed by atoms with Gasteiger partial charge in [-0.05, 0) is 26.7 Å². The highest BCUT2D eigenvalue weighted by atomic mass is 16.5. The molecule has 100 valence electrons. The highest BCUT2D eigenvalue weighted by molar-refractivity contribution is 5.32. The minimum absolute atomic E-state index is 0.0313. The van der Waals surface area contributed by atoms with Gasteiger partial charge in [0.25, 0.3) is 0 Å². The van der Waals surface area contributed by atoms with E-state index in [1.54, 1.807) is 12.3 Å². The van der Waals surface area contributed by atoms with E-state index in [-0.39, 0.29) is 11.6 Å². The molecule has 1 aromatic heterocycles. The summed E-state index contributed by atoms with van der Waals surface area (Å²) in [6, 6.07) is 1.77. The van der Waals surface area contributed by atoms with E-state index in [2.05, 4.69) is 15.3 Å². The molecule has 0 atom stereocenters. The Morgan fingerprint density at radius 1 is 1.44 bits per heavy atom. The molecule has 0 aliphatic heterocycles. The van der Waals surface area contributed by atoms with Crippen LogP contribution in [-0.2, 0) is 0 Å². The lowest BCUT2D eigenvalue weighted by molar-refractivity contribution is 0.232. The summed E-state index contributed by atoms with van der Waals surface area (Å²) < 4.78 is 5.56. The first-order chi connectivity index (χ1) is 8.63. The summed E-state index contributed by atoms with van der Waals surface area (Å²) in [5, 5.41) is 3.39. The summed E-state index contributed by atoms with van der Waals surface area (Å²) in [5.41, 5.74) is 5.85. The monoisotopic (exact) mass is 250 g/mol. The SMILES string of the molecule is CC(C)Oc1ccnc(NC2(CN)CCCC2)n1. The van der Waals surface area contributed by atoms with Crippen molar-refractivity contribution in [1.29, 1.82) is 0 Å². The van der Waals surface area contributed by atoms with E-state index in [0.29, 0.717) is 18.4 Å². The second-order valence-electron chi connectivity index (χ2n) is 5.20. The summed E-state index contributed by atoms with van der Waals surface area (Å²) >= 11 is 0. The minimum Gasteiger partial charge on any atom is -0.475 e. The Hall–Kier alpha value is -1.36. The minimum atomic E-state index is -0.0313. The maximum absolute atomic E-state index is 5.89. The van der Waals surface area contributed by atoms with Gasteiger partial charge in [0.2, 0.25) is 11.8 Å². The maximum Gasteiger partial charge on any atom is 0.226 e. The Morgan fingerprint density at radius 3 is 2.78 bits per heavy atom. The second-order valence-corrected chi connectivity index (χ2v) is 5.20. The summed E-state index contributed by atoms with van der Waals surface area (Å²) in [6.45, 7) is 4.58. The molecule has 1 aliphatic carbocycles. The van der Waals surface area contributed by atoms with Crippen LogP contribution in [0.5, 0.6) is 5.88 Å². The lowest BCUT2D eigenvalue weighted by Crippen LogP contribution is -2.43. The highest BCUT2D eigenvalue weighted by Crippen LogP contribution is 2.31. The van der Waals surface area contributed by atoms with Crippen molar-refractivity contribution in [2.24, 2.45) is 5.73 Å². The third kappa shape index (κ3) is 3.10. The van der Waals surface area contributed by atoms with Gasteiger partial charge < -0.3 is 15.8 Å². The number of aromatic nitrogens is 2. The van der Waals surface area contributed by atoms with Crippen molar-refractivity contribution in [3.05, 3.63) is 12.3 Å². The summed E-state index contributed by atoms with van der Waals surface area (Å²) in [4.78, 5) is 8.61. The number of ether oxygens (including phenoxy) is 1. The van der Waals surface area contributed by atoms with Crippen LogP contribution in [0.3, 0.4) is 0 Å². The Balaban J connectivity index is 2.08. The Labute approximate surface area is 108 Å². The fourth-order valence-electron chi connectivity index (χ4n) is 2.38. The van der Waals surface area contributed by atoms with E-state index in [1.807, 2.05) is 13.8 Å². The molecule has 0 aromatic carbocycles. The lowest BCUT2D eigenvalue weighted by atomic mass is 9.98. The predicted molar refractivity (Wildman–Crippen MR) is 71.7 cm³/mol.